The third kappa shape index (κ3) is 3.24. The highest BCUT2D eigenvalue weighted by molar-refractivity contribution is 5.78. The van der Waals surface area contributed by atoms with Crippen molar-refractivity contribution >= 4 is 17.8 Å². The quantitative estimate of drug-likeness (QED) is 0.510. The number of nitrogens with two attached hydrogens (primary N) is 1. The molecule has 2 aromatic rings. The highest BCUT2D eigenvalue weighted by Gasteiger charge is 2.06. The lowest BCUT2D eigenvalue weighted by Crippen LogP contribution is -2.26. The molecule has 2 aromatic carbocycles. The van der Waals surface area contributed by atoms with Crippen LogP contribution in [0.5, 0.6) is 0 Å². The van der Waals surface area contributed by atoms with E-state index in [-0.39, 0.29) is 0 Å². The number of benzene rings is 2. The van der Waals surface area contributed by atoms with Crippen LogP contribution in [0.15, 0.2) is 48.5 Å². The van der Waals surface area contributed by atoms with Crippen LogP contribution in [-0.4, -0.2) is 7.05 Å². The average molecular weight is 252 g/mol. The normalized spacial score (nSPS) is 10.9. The van der Waals surface area contributed by atoms with Gasteiger partial charge in [-0.25, -0.2) is 5.84 Å². The fourth-order valence-corrected chi connectivity index (χ4v) is 2.15. The number of hydrazine groups is 1. The van der Waals surface area contributed by atoms with Gasteiger partial charge >= 0.3 is 0 Å². The minimum atomic E-state index is 0.996. The highest BCUT2D eigenvalue weighted by Crippen LogP contribution is 2.24. The SMILES string of the molecule is CCc1cccc(N(C)N)c1/C=C/c1ccccc1. The van der Waals surface area contributed by atoms with E-state index in [0.717, 1.165) is 12.1 Å². The maximum absolute atomic E-state index is 5.91. The first-order chi connectivity index (χ1) is 9.22. The Hall–Kier alpha value is -2.06. The third-order valence-corrected chi connectivity index (χ3v) is 3.18. The van der Waals surface area contributed by atoms with Crippen molar-refractivity contribution in [2.75, 3.05) is 12.1 Å². The second-order valence-electron chi connectivity index (χ2n) is 4.56. The van der Waals surface area contributed by atoms with Gasteiger partial charge in [0.15, 0.2) is 0 Å². The summed E-state index contributed by atoms with van der Waals surface area (Å²) < 4.78 is 0. The smallest absolute Gasteiger partial charge is 0.0588 e. The van der Waals surface area contributed by atoms with Crippen LogP contribution in [0, 0.1) is 0 Å². The molecule has 0 radical (unpaired) electrons. The van der Waals surface area contributed by atoms with Gasteiger partial charge in [-0.2, -0.15) is 0 Å². The second kappa shape index (κ2) is 6.21. The summed E-state index contributed by atoms with van der Waals surface area (Å²) in [6, 6.07) is 16.5. The van der Waals surface area contributed by atoms with E-state index in [1.54, 1.807) is 5.01 Å². The van der Waals surface area contributed by atoms with Crippen LogP contribution in [0.3, 0.4) is 0 Å². The van der Waals surface area contributed by atoms with Gasteiger partial charge in [0.2, 0.25) is 0 Å². The molecule has 0 fully saturated rings. The lowest BCUT2D eigenvalue weighted by molar-refractivity contribution is 1.01. The Morgan fingerprint density at radius 1 is 1.00 bits per heavy atom. The van der Waals surface area contributed by atoms with Gasteiger partial charge in [0.1, 0.15) is 0 Å². The molecular formula is C17H20N2. The summed E-state index contributed by atoms with van der Waals surface area (Å²) in [7, 11) is 1.87. The number of aryl methyl sites for hydroxylation is 1. The number of hydrogen-bond donors (Lipinski definition) is 1. The molecule has 0 bridgehead atoms. The van der Waals surface area contributed by atoms with E-state index in [0.29, 0.717) is 0 Å². The first-order valence-corrected chi connectivity index (χ1v) is 6.56. The summed E-state index contributed by atoms with van der Waals surface area (Å²) in [6.45, 7) is 2.16. The predicted octanol–water partition coefficient (Wildman–Crippen LogP) is 3.73. The Labute approximate surface area is 115 Å². The van der Waals surface area contributed by atoms with Crippen molar-refractivity contribution in [3.05, 3.63) is 65.2 Å². The number of rotatable bonds is 4. The van der Waals surface area contributed by atoms with Crippen LogP contribution in [-0.2, 0) is 6.42 Å². The minimum Gasteiger partial charge on any atom is -0.314 e. The largest absolute Gasteiger partial charge is 0.314 e. The Bertz CT molecular complexity index is 557. The van der Waals surface area contributed by atoms with Crippen LogP contribution in [0.25, 0.3) is 12.2 Å². The summed E-state index contributed by atoms with van der Waals surface area (Å²) in [6.07, 6.45) is 5.27. The van der Waals surface area contributed by atoms with Crippen LogP contribution in [0.1, 0.15) is 23.6 Å². The minimum absolute atomic E-state index is 0.996. The third-order valence-electron chi connectivity index (χ3n) is 3.18. The molecular weight excluding hydrogens is 232 g/mol. The molecule has 0 spiro atoms. The molecule has 0 aromatic heterocycles. The molecule has 0 saturated carbocycles. The van der Waals surface area contributed by atoms with Crippen molar-refractivity contribution in [3.63, 3.8) is 0 Å². The van der Waals surface area contributed by atoms with Gasteiger partial charge < -0.3 is 5.01 Å². The van der Waals surface area contributed by atoms with Gasteiger partial charge in [-0.15, -0.1) is 0 Å². The van der Waals surface area contributed by atoms with E-state index in [9.17, 15) is 0 Å². The maximum Gasteiger partial charge on any atom is 0.0588 e. The summed E-state index contributed by atoms with van der Waals surface area (Å²) in [5.74, 6) is 5.91. The Kier molecular flexibility index (Phi) is 4.37. The Morgan fingerprint density at radius 2 is 1.74 bits per heavy atom. The van der Waals surface area contributed by atoms with E-state index in [4.69, 9.17) is 5.84 Å². The summed E-state index contributed by atoms with van der Waals surface area (Å²) in [4.78, 5) is 0. The molecule has 0 saturated heterocycles. The van der Waals surface area contributed by atoms with Gasteiger partial charge in [0, 0.05) is 12.6 Å². The molecule has 2 heteroatoms. The molecule has 0 amide bonds. The fourth-order valence-electron chi connectivity index (χ4n) is 2.15. The zero-order valence-electron chi connectivity index (χ0n) is 11.5. The molecule has 2 nitrogen and oxygen atoms in total. The fraction of sp³-hybridized carbons (Fsp3) is 0.176. The molecule has 2 N–H and O–H groups in total. The Balaban J connectivity index is 2.40. The molecule has 2 rings (SSSR count). The van der Waals surface area contributed by atoms with Gasteiger partial charge in [-0.05, 0) is 23.6 Å². The first-order valence-electron chi connectivity index (χ1n) is 6.56. The van der Waals surface area contributed by atoms with Gasteiger partial charge in [0.05, 0.1) is 5.69 Å². The second-order valence-corrected chi connectivity index (χ2v) is 4.56. The number of nitrogens with zero attached hydrogens (tertiary/aromatic N) is 1. The van der Waals surface area contributed by atoms with Crippen LogP contribution < -0.4 is 10.9 Å². The van der Waals surface area contributed by atoms with E-state index in [1.165, 1.54) is 16.7 Å². The van der Waals surface area contributed by atoms with E-state index < -0.39 is 0 Å². The molecule has 0 unspecified atom stereocenters. The van der Waals surface area contributed by atoms with Crippen molar-refractivity contribution in [2.45, 2.75) is 13.3 Å². The van der Waals surface area contributed by atoms with Gasteiger partial charge in [-0.3, -0.25) is 0 Å². The molecule has 0 aliphatic rings. The molecule has 0 aliphatic carbocycles. The highest BCUT2D eigenvalue weighted by atomic mass is 15.4. The average Bonchev–Trinajstić information content (AvgIpc) is 2.45. The van der Waals surface area contributed by atoms with Gasteiger partial charge in [-0.1, -0.05) is 61.5 Å². The summed E-state index contributed by atoms with van der Waals surface area (Å²) in [5, 5.41) is 1.67. The zero-order chi connectivity index (χ0) is 13.7. The molecule has 0 aliphatic heterocycles. The van der Waals surface area contributed by atoms with Crippen molar-refractivity contribution < 1.29 is 0 Å². The summed E-state index contributed by atoms with van der Waals surface area (Å²) in [5.41, 5.74) is 4.74. The molecule has 0 heterocycles. The maximum atomic E-state index is 5.91. The number of anilines is 1. The van der Waals surface area contributed by atoms with Crippen molar-refractivity contribution in [3.8, 4) is 0 Å². The predicted molar refractivity (Wildman–Crippen MR) is 83.8 cm³/mol. The zero-order valence-corrected chi connectivity index (χ0v) is 11.5. The van der Waals surface area contributed by atoms with Crippen molar-refractivity contribution in [1.29, 1.82) is 0 Å². The summed E-state index contributed by atoms with van der Waals surface area (Å²) >= 11 is 0. The Morgan fingerprint density at radius 3 is 2.37 bits per heavy atom. The van der Waals surface area contributed by atoms with Gasteiger partial charge in [0.25, 0.3) is 0 Å². The lowest BCUT2D eigenvalue weighted by atomic mass is 10.0. The van der Waals surface area contributed by atoms with Crippen molar-refractivity contribution in [1.82, 2.24) is 0 Å². The van der Waals surface area contributed by atoms with Crippen LogP contribution in [0.2, 0.25) is 0 Å². The van der Waals surface area contributed by atoms with E-state index >= 15 is 0 Å². The molecule has 0 atom stereocenters. The molecule has 98 valence electrons. The number of hydrogen-bond acceptors (Lipinski definition) is 2. The van der Waals surface area contributed by atoms with Crippen molar-refractivity contribution in [2.24, 2.45) is 5.84 Å². The monoisotopic (exact) mass is 252 g/mol. The first kappa shape index (κ1) is 13.4. The lowest BCUT2D eigenvalue weighted by Gasteiger charge is -2.17. The molecule has 19 heavy (non-hydrogen) atoms. The van der Waals surface area contributed by atoms with E-state index in [1.807, 2.05) is 31.3 Å². The van der Waals surface area contributed by atoms with Crippen LogP contribution in [0.4, 0.5) is 5.69 Å². The topological polar surface area (TPSA) is 29.3 Å². The van der Waals surface area contributed by atoms with E-state index in [2.05, 4.69) is 43.3 Å². The standard InChI is InChI=1S/C17H20N2/c1-3-15-10-7-11-17(19(2)18)16(15)13-12-14-8-5-4-6-9-14/h4-13H,3,18H2,1-2H3/b13-12+. The van der Waals surface area contributed by atoms with Crippen LogP contribution >= 0.6 is 0 Å².